The van der Waals surface area contributed by atoms with Crippen molar-refractivity contribution in [1.82, 2.24) is 0 Å². The highest BCUT2D eigenvalue weighted by atomic mass is 32.2. The Morgan fingerprint density at radius 1 is 1.27 bits per heavy atom. The lowest BCUT2D eigenvalue weighted by molar-refractivity contribution is -0.160. The topological polar surface area (TPSA) is 92.7 Å². The van der Waals surface area contributed by atoms with Crippen LogP contribution >= 0.6 is 0 Å². The maximum absolute atomic E-state index is 11.3. The molecule has 0 aromatic carbocycles. The molecule has 0 N–H and O–H groups in total. The standard InChI is InChI=1S/C8H14O6S/c1-8(2,3)5(6(9)13-4)7(10)14-15(11)12/h5H,1-4H3,(H,11,12)/p-1. The van der Waals surface area contributed by atoms with E-state index in [9.17, 15) is 18.4 Å². The minimum absolute atomic E-state index is 0.774. The zero-order chi connectivity index (χ0) is 12.2. The summed E-state index contributed by atoms with van der Waals surface area (Å²) in [4.78, 5) is 22.5. The molecule has 0 aromatic heterocycles. The first-order valence-electron chi connectivity index (χ1n) is 4.09. The summed E-state index contributed by atoms with van der Waals surface area (Å²) in [6.45, 7) is 4.80. The first kappa shape index (κ1) is 14.1. The largest absolute Gasteiger partial charge is 0.740 e. The molecule has 0 heterocycles. The van der Waals surface area contributed by atoms with Crippen molar-refractivity contribution in [2.75, 3.05) is 7.11 Å². The second kappa shape index (κ2) is 5.22. The Hall–Kier alpha value is -0.950. The highest BCUT2D eigenvalue weighted by Gasteiger charge is 2.40. The van der Waals surface area contributed by atoms with Gasteiger partial charge in [-0.3, -0.25) is 9.59 Å². The number of carbonyl (C=O) groups excluding carboxylic acids is 2. The molecule has 0 fully saturated rings. The minimum atomic E-state index is -2.98. The lowest BCUT2D eigenvalue weighted by Crippen LogP contribution is -2.37. The Morgan fingerprint density at radius 2 is 1.73 bits per heavy atom. The predicted octanol–water partition coefficient (Wildman–Crippen LogP) is 0.159. The van der Waals surface area contributed by atoms with Crippen LogP contribution in [-0.4, -0.2) is 27.8 Å². The Bertz CT molecular complexity index is 279. The van der Waals surface area contributed by atoms with Crippen LogP contribution in [0.5, 0.6) is 0 Å². The number of methoxy groups -OCH3 is 1. The van der Waals surface area contributed by atoms with Gasteiger partial charge >= 0.3 is 11.9 Å². The molecule has 0 saturated carbocycles. The van der Waals surface area contributed by atoms with Crippen LogP contribution in [0.4, 0.5) is 0 Å². The molecule has 15 heavy (non-hydrogen) atoms. The number of rotatable bonds is 3. The number of hydrogen-bond acceptors (Lipinski definition) is 6. The lowest BCUT2D eigenvalue weighted by atomic mass is 9.81. The van der Waals surface area contributed by atoms with Crippen molar-refractivity contribution in [3.63, 3.8) is 0 Å². The average molecular weight is 237 g/mol. The number of ether oxygens (including phenoxy) is 1. The molecule has 0 spiro atoms. The van der Waals surface area contributed by atoms with E-state index in [-0.39, 0.29) is 0 Å². The van der Waals surface area contributed by atoms with Crippen LogP contribution in [0, 0.1) is 11.3 Å². The highest BCUT2D eigenvalue weighted by Crippen LogP contribution is 2.28. The highest BCUT2D eigenvalue weighted by molar-refractivity contribution is 7.74. The van der Waals surface area contributed by atoms with Gasteiger partial charge in [-0.05, 0) is 5.41 Å². The Balaban J connectivity index is 4.88. The Morgan fingerprint density at radius 3 is 2.00 bits per heavy atom. The first-order chi connectivity index (χ1) is 6.70. The van der Waals surface area contributed by atoms with Crippen LogP contribution in [0.1, 0.15) is 20.8 Å². The fraction of sp³-hybridized carbons (Fsp3) is 0.750. The normalized spacial score (nSPS) is 15.3. The number of carbonyl (C=O) groups is 2. The van der Waals surface area contributed by atoms with Gasteiger partial charge in [0.25, 0.3) is 0 Å². The third-order valence-corrected chi connectivity index (χ3v) is 1.99. The Kier molecular flexibility index (Phi) is 4.89. The summed E-state index contributed by atoms with van der Waals surface area (Å²) in [6, 6.07) is 0. The van der Waals surface area contributed by atoms with Gasteiger partial charge in [0.05, 0.1) is 7.11 Å². The van der Waals surface area contributed by atoms with Gasteiger partial charge in [-0.15, -0.1) is 0 Å². The van der Waals surface area contributed by atoms with Crippen molar-refractivity contribution in [2.24, 2.45) is 11.3 Å². The van der Waals surface area contributed by atoms with E-state index in [0.717, 1.165) is 7.11 Å². The van der Waals surface area contributed by atoms with Gasteiger partial charge in [-0.2, -0.15) is 0 Å². The molecule has 7 heteroatoms. The van der Waals surface area contributed by atoms with Crippen LogP contribution in [0.15, 0.2) is 0 Å². The monoisotopic (exact) mass is 237 g/mol. The van der Waals surface area contributed by atoms with Crippen molar-refractivity contribution in [3.05, 3.63) is 0 Å². The summed E-state index contributed by atoms with van der Waals surface area (Å²) < 4.78 is 28.7. The molecule has 0 aliphatic carbocycles. The van der Waals surface area contributed by atoms with E-state index in [1.807, 2.05) is 0 Å². The quantitative estimate of drug-likeness (QED) is 0.394. The molecule has 88 valence electrons. The van der Waals surface area contributed by atoms with E-state index in [1.165, 1.54) is 0 Å². The van der Waals surface area contributed by atoms with Crippen LogP contribution in [0.25, 0.3) is 0 Å². The molecule has 0 aliphatic rings. The molecule has 0 aliphatic heterocycles. The SMILES string of the molecule is COC(=O)C(C(=O)OS(=O)[O-])C(C)(C)C. The van der Waals surface area contributed by atoms with Gasteiger partial charge < -0.3 is 13.5 Å². The van der Waals surface area contributed by atoms with Crippen LogP contribution in [-0.2, 0) is 29.9 Å². The maximum Gasteiger partial charge on any atom is 0.334 e. The van der Waals surface area contributed by atoms with Crippen molar-refractivity contribution in [3.8, 4) is 0 Å². The van der Waals surface area contributed by atoms with Gasteiger partial charge in [-0.25, -0.2) is 4.21 Å². The maximum atomic E-state index is 11.3. The van der Waals surface area contributed by atoms with Crippen LogP contribution < -0.4 is 0 Å². The van der Waals surface area contributed by atoms with Gasteiger partial charge in [0.1, 0.15) is 11.4 Å². The molecule has 0 aromatic rings. The van der Waals surface area contributed by atoms with Crippen molar-refractivity contribution < 1.29 is 27.3 Å². The summed E-state index contributed by atoms with van der Waals surface area (Å²) in [5.41, 5.74) is -0.774. The minimum Gasteiger partial charge on any atom is -0.740 e. The van der Waals surface area contributed by atoms with Crippen LogP contribution in [0.2, 0.25) is 0 Å². The third kappa shape index (κ3) is 4.39. The van der Waals surface area contributed by atoms with Gasteiger partial charge in [0.15, 0.2) is 5.92 Å². The van der Waals surface area contributed by atoms with Gasteiger partial charge in [0, 0.05) is 0 Å². The van der Waals surface area contributed by atoms with E-state index in [1.54, 1.807) is 20.8 Å². The van der Waals surface area contributed by atoms with Crippen molar-refractivity contribution >= 4 is 23.3 Å². The molecule has 0 rings (SSSR count). The second-order valence-corrected chi connectivity index (χ2v) is 4.50. The summed E-state index contributed by atoms with van der Waals surface area (Å²) >= 11 is -2.98. The van der Waals surface area contributed by atoms with Gasteiger partial charge in [0.2, 0.25) is 0 Å². The molecule has 0 radical (unpaired) electrons. The molecule has 2 unspecified atom stereocenters. The second-order valence-electron chi connectivity index (χ2n) is 3.93. The third-order valence-electron chi connectivity index (χ3n) is 1.69. The first-order valence-corrected chi connectivity index (χ1v) is 5.09. The zero-order valence-electron chi connectivity index (χ0n) is 8.94. The molecule has 0 bridgehead atoms. The molecule has 0 saturated heterocycles. The predicted molar refractivity (Wildman–Crippen MR) is 50.0 cm³/mol. The fourth-order valence-corrected chi connectivity index (χ4v) is 1.27. The molecule has 6 nitrogen and oxygen atoms in total. The summed E-state index contributed by atoms with van der Waals surface area (Å²) in [6.07, 6.45) is 0. The summed E-state index contributed by atoms with van der Waals surface area (Å²) in [7, 11) is 1.11. The Labute approximate surface area is 90.4 Å². The lowest BCUT2D eigenvalue weighted by Gasteiger charge is -2.26. The van der Waals surface area contributed by atoms with E-state index in [0.29, 0.717) is 0 Å². The van der Waals surface area contributed by atoms with Gasteiger partial charge in [-0.1, -0.05) is 20.8 Å². The van der Waals surface area contributed by atoms with Crippen molar-refractivity contribution in [2.45, 2.75) is 20.8 Å². The molecule has 0 amide bonds. The number of esters is 1. The van der Waals surface area contributed by atoms with E-state index in [4.69, 9.17) is 0 Å². The molecular weight excluding hydrogens is 224 g/mol. The van der Waals surface area contributed by atoms with Crippen LogP contribution in [0.3, 0.4) is 0 Å². The van der Waals surface area contributed by atoms with Crippen molar-refractivity contribution in [1.29, 1.82) is 0 Å². The number of hydrogen-bond donors (Lipinski definition) is 0. The summed E-state index contributed by atoms with van der Waals surface area (Å²) in [5.74, 6) is -3.22. The molecular formula is C8H13O6S-. The smallest absolute Gasteiger partial charge is 0.334 e. The molecule has 2 atom stereocenters. The summed E-state index contributed by atoms with van der Waals surface area (Å²) in [5, 5.41) is 0. The van der Waals surface area contributed by atoms with E-state index < -0.39 is 34.6 Å². The van der Waals surface area contributed by atoms with E-state index >= 15 is 0 Å². The zero-order valence-corrected chi connectivity index (χ0v) is 9.75. The van der Waals surface area contributed by atoms with E-state index in [2.05, 4.69) is 8.92 Å². The average Bonchev–Trinajstić information content (AvgIpc) is 1.99. The fourth-order valence-electron chi connectivity index (χ4n) is 1.04.